The van der Waals surface area contributed by atoms with E-state index in [0.717, 1.165) is 6.42 Å². The topological polar surface area (TPSA) is 91.1 Å². The summed E-state index contributed by atoms with van der Waals surface area (Å²) < 4.78 is 38.3. The largest absolute Gasteiger partial charge is 0.417 e. The normalized spacial score (nSPS) is 18.7. The average molecular weight is 379 g/mol. The first-order chi connectivity index (χ1) is 12.6. The summed E-state index contributed by atoms with van der Waals surface area (Å²) in [7, 11) is 0. The zero-order chi connectivity index (χ0) is 19.8. The minimum atomic E-state index is -4.66. The first-order valence-corrected chi connectivity index (χ1v) is 8.17. The summed E-state index contributed by atoms with van der Waals surface area (Å²) in [5, 5.41) is 4.86. The monoisotopic (exact) mass is 379 g/mol. The third-order valence-electron chi connectivity index (χ3n) is 4.32. The number of aromatic amines is 1. The van der Waals surface area contributed by atoms with Crippen molar-refractivity contribution in [2.45, 2.75) is 19.5 Å². The number of rotatable bonds is 4. The fourth-order valence-corrected chi connectivity index (χ4v) is 2.60. The molecule has 0 radical (unpaired) electrons. The fraction of sp³-hybridized carbons (Fsp3) is 0.278. The molecule has 6 nitrogen and oxygen atoms in total. The number of H-pyrrole nitrogens is 1. The maximum atomic E-state index is 12.8. The van der Waals surface area contributed by atoms with Crippen LogP contribution >= 0.6 is 0 Å². The third kappa shape index (κ3) is 4.36. The van der Waals surface area contributed by atoms with E-state index in [0.29, 0.717) is 23.9 Å². The minimum Gasteiger partial charge on any atom is -0.327 e. The van der Waals surface area contributed by atoms with Crippen LogP contribution in [0.5, 0.6) is 0 Å². The summed E-state index contributed by atoms with van der Waals surface area (Å²) in [6, 6.07) is 6.50. The smallest absolute Gasteiger partial charge is 0.327 e. The number of nitrogens with one attached hydrogen (secondary N) is 3. The Balaban J connectivity index is 1.76. The summed E-state index contributed by atoms with van der Waals surface area (Å²) in [5.74, 6) is -0.639. The molecule has 9 heteroatoms. The second kappa shape index (κ2) is 6.90. The zero-order valence-corrected chi connectivity index (χ0v) is 14.2. The molecule has 1 aromatic heterocycles. The molecule has 27 heavy (non-hydrogen) atoms. The summed E-state index contributed by atoms with van der Waals surface area (Å²) in [5.41, 5.74) is -1.98. The molecule has 0 spiro atoms. The molecule has 0 aliphatic heterocycles. The summed E-state index contributed by atoms with van der Waals surface area (Å²) >= 11 is 0. The van der Waals surface area contributed by atoms with Crippen LogP contribution in [-0.4, -0.2) is 16.8 Å². The van der Waals surface area contributed by atoms with E-state index in [9.17, 15) is 27.6 Å². The van der Waals surface area contributed by atoms with E-state index in [2.05, 4.69) is 10.6 Å². The number of aromatic nitrogens is 1. The van der Waals surface area contributed by atoms with Crippen LogP contribution in [0.25, 0.3) is 0 Å². The van der Waals surface area contributed by atoms with Gasteiger partial charge in [0.2, 0.25) is 5.91 Å². The van der Waals surface area contributed by atoms with Gasteiger partial charge in [-0.2, -0.15) is 13.2 Å². The molecule has 2 atom stereocenters. The van der Waals surface area contributed by atoms with E-state index in [4.69, 9.17) is 0 Å². The van der Waals surface area contributed by atoms with Crippen LogP contribution in [0.4, 0.5) is 24.5 Å². The molecule has 2 aromatic rings. The van der Waals surface area contributed by atoms with Gasteiger partial charge in [-0.05, 0) is 36.6 Å². The Bertz CT molecular complexity index is 953. The zero-order valence-electron chi connectivity index (χ0n) is 14.2. The van der Waals surface area contributed by atoms with Gasteiger partial charge in [0.15, 0.2) is 0 Å². The van der Waals surface area contributed by atoms with Gasteiger partial charge >= 0.3 is 6.18 Å². The highest BCUT2D eigenvalue weighted by Crippen LogP contribution is 2.38. The highest BCUT2D eigenvalue weighted by molar-refractivity contribution is 6.05. The fourth-order valence-electron chi connectivity index (χ4n) is 2.60. The van der Waals surface area contributed by atoms with Crippen molar-refractivity contribution < 1.29 is 22.8 Å². The van der Waals surface area contributed by atoms with Crippen LogP contribution in [0.3, 0.4) is 0 Å². The molecule has 142 valence electrons. The molecule has 1 aliphatic carbocycles. The molecule has 0 bridgehead atoms. The minimum absolute atomic E-state index is 0.0499. The standard InChI is InChI=1S/C18H16F3N3O3/c1-9-5-13(9)16(26)23-12-4-2-3-10(6-12)15(25)24-14-7-11(18(19,20)21)8-22-17(14)27/h2-4,6-9,13H,5H2,1H3,(H,22,27)(H,23,26)(H,24,25)/t9-,13+/m0/s1. The van der Waals surface area contributed by atoms with Crippen molar-refractivity contribution in [3.05, 3.63) is 58.0 Å². The number of hydrogen-bond acceptors (Lipinski definition) is 3. The number of amides is 2. The molecule has 0 saturated heterocycles. The van der Waals surface area contributed by atoms with Crippen molar-refractivity contribution in [3.63, 3.8) is 0 Å². The maximum absolute atomic E-state index is 12.8. The maximum Gasteiger partial charge on any atom is 0.417 e. The summed E-state index contributed by atoms with van der Waals surface area (Å²) in [6.07, 6.45) is -3.31. The second-order valence-electron chi connectivity index (χ2n) is 6.47. The van der Waals surface area contributed by atoms with Crippen LogP contribution in [0.15, 0.2) is 41.3 Å². The molecule has 3 rings (SSSR count). The molecule has 1 fully saturated rings. The van der Waals surface area contributed by atoms with Gasteiger partial charge < -0.3 is 15.6 Å². The van der Waals surface area contributed by atoms with Crippen molar-refractivity contribution in [3.8, 4) is 0 Å². The van der Waals surface area contributed by atoms with Gasteiger partial charge in [0.1, 0.15) is 5.69 Å². The summed E-state index contributed by atoms with van der Waals surface area (Å²) in [6.45, 7) is 1.96. The molecule has 1 saturated carbocycles. The number of carbonyl (C=O) groups is 2. The third-order valence-corrected chi connectivity index (χ3v) is 4.32. The molecule has 1 aliphatic rings. The lowest BCUT2D eigenvalue weighted by Crippen LogP contribution is -2.21. The van der Waals surface area contributed by atoms with E-state index >= 15 is 0 Å². The van der Waals surface area contributed by atoms with Gasteiger partial charge in [-0.15, -0.1) is 0 Å². The Kier molecular flexibility index (Phi) is 4.77. The van der Waals surface area contributed by atoms with Gasteiger partial charge in [0.25, 0.3) is 11.5 Å². The number of alkyl halides is 3. The lowest BCUT2D eigenvalue weighted by Gasteiger charge is -2.10. The second-order valence-corrected chi connectivity index (χ2v) is 6.47. The lowest BCUT2D eigenvalue weighted by molar-refractivity contribution is -0.137. The van der Waals surface area contributed by atoms with Crippen molar-refractivity contribution in [2.24, 2.45) is 11.8 Å². The summed E-state index contributed by atoms with van der Waals surface area (Å²) in [4.78, 5) is 37.9. The molecular weight excluding hydrogens is 363 g/mol. The van der Waals surface area contributed by atoms with Crippen LogP contribution in [0, 0.1) is 11.8 Å². The van der Waals surface area contributed by atoms with E-state index in [-0.39, 0.29) is 17.4 Å². The predicted molar refractivity (Wildman–Crippen MR) is 92.4 cm³/mol. The van der Waals surface area contributed by atoms with Crippen LogP contribution in [0.1, 0.15) is 29.3 Å². The van der Waals surface area contributed by atoms with Crippen molar-refractivity contribution >= 4 is 23.2 Å². The van der Waals surface area contributed by atoms with Crippen molar-refractivity contribution in [1.82, 2.24) is 4.98 Å². The quantitative estimate of drug-likeness (QED) is 0.762. The van der Waals surface area contributed by atoms with Crippen LogP contribution in [-0.2, 0) is 11.0 Å². The molecular formula is C18H16F3N3O3. The number of benzene rings is 1. The number of hydrogen-bond donors (Lipinski definition) is 3. The molecule has 0 unspecified atom stereocenters. The van der Waals surface area contributed by atoms with E-state index < -0.39 is 28.9 Å². The van der Waals surface area contributed by atoms with Gasteiger partial charge in [0, 0.05) is 23.4 Å². The van der Waals surface area contributed by atoms with Gasteiger partial charge in [0.05, 0.1) is 5.56 Å². The molecule has 3 N–H and O–H groups in total. The van der Waals surface area contributed by atoms with Crippen LogP contribution < -0.4 is 16.2 Å². The SMILES string of the molecule is C[C@H]1C[C@H]1C(=O)Nc1cccc(C(=O)Nc2cc(C(F)(F)F)c[nH]c2=O)c1. The number of halogens is 3. The highest BCUT2D eigenvalue weighted by Gasteiger charge is 2.39. The first kappa shape index (κ1) is 18.7. The lowest BCUT2D eigenvalue weighted by atomic mass is 10.1. The van der Waals surface area contributed by atoms with Gasteiger partial charge in [-0.1, -0.05) is 13.0 Å². The molecule has 2 amide bonds. The number of anilines is 2. The van der Waals surface area contributed by atoms with Crippen molar-refractivity contribution in [1.29, 1.82) is 0 Å². The molecule has 1 aromatic carbocycles. The Morgan fingerprint density at radius 3 is 2.52 bits per heavy atom. The van der Waals surface area contributed by atoms with Gasteiger partial charge in [-0.25, -0.2) is 0 Å². The van der Waals surface area contributed by atoms with Crippen LogP contribution in [0.2, 0.25) is 0 Å². The first-order valence-electron chi connectivity index (χ1n) is 8.17. The number of pyridine rings is 1. The average Bonchev–Trinajstić information content (AvgIpc) is 3.33. The Morgan fingerprint density at radius 2 is 1.89 bits per heavy atom. The predicted octanol–water partition coefficient (Wildman–Crippen LogP) is 3.24. The number of carbonyl (C=O) groups excluding carboxylic acids is 2. The molecule has 1 heterocycles. The Morgan fingerprint density at radius 1 is 1.19 bits per heavy atom. The van der Waals surface area contributed by atoms with Crippen molar-refractivity contribution in [2.75, 3.05) is 10.6 Å². The highest BCUT2D eigenvalue weighted by atomic mass is 19.4. The van der Waals surface area contributed by atoms with Gasteiger partial charge in [-0.3, -0.25) is 14.4 Å². The van der Waals surface area contributed by atoms with E-state index in [1.807, 2.05) is 11.9 Å². The Hall–Kier alpha value is -3.10. The van der Waals surface area contributed by atoms with E-state index in [1.54, 1.807) is 6.07 Å². The Labute approximate surface area is 151 Å². The van der Waals surface area contributed by atoms with E-state index in [1.165, 1.54) is 18.2 Å².